The first kappa shape index (κ1) is 19.8. The van der Waals surface area contributed by atoms with Crippen LogP contribution in [0.15, 0.2) is 60.7 Å². The van der Waals surface area contributed by atoms with Crippen molar-refractivity contribution in [2.45, 2.75) is 24.6 Å². The van der Waals surface area contributed by atoms with E-state index in [0.29, 0.717) is 13.1 Å². The smallest absolute Gasteiger partial charge is 0.254 e. The number of carbonyl (C=O) groups is 2. The minimum absolute atomic E-state index is 0.0445. The first-order valence-corrected chi connectivity index (χ1v) is 11.1. The van der Waals surface area contributed by atoms with E-state index in [4.69, 9.17) is 0 Å². The number of aryl methyl sites for hydroxylation is 1. The summed E-state index contributed by atoms with van der Waals surface area (Å²) in [6.07, 6.45) is 5.16. The second kappa shape index (κ2) is 8.46. The van der Waals surface area contributed by atoms with Gasteiger partial charge in [-0.3, -0.25) is 9.59 Å². The zero-order valence-electron chi connectivity index (χ0n) is 16.7. The normalized spacial score (nSPS) is 18.5. The van der Waals surface area contributed by atoms with Crippen molar-refractivity contribution in [1.82, 2.24) is 9.80 Å². The van der Waals surface area contributed by atoms with Crippen LogP contribution in [0.5, 0.6) is 0 Å². The van der Waals surface area contributed by atoms with Crippen molar-refractivity contribution in [2.24, 2.45) is 0 Å². The number of thioether (sulfide) groups is 1. The molecular formula is C24H26N2O2S. The first-order chi connectivity index (χ1) is 14.1. The number of rotatable bonds is 3. The van der Waals surface area contributed by atoms with Gasteiger partial charge in [0.2, 0.25) is 5.91 Å². The fraction of sp³-hybridized carbons (Fsp3) is 0.333. The average molecular weight is 407 g/mol. The molecule has 2 amide bonds. The van der Waals surface area contributed by atoms with Gasteiger partial charge >= 0.3 is 0 Å². The lowest BCUT2D eigenvalue weighted by Crippen LogP contribution is -2.53. The van der Waals surface area contributed by atoms with Crippen LogP contribution < -0.4 is 0 Å². The average Bonchev–Trinajstić information content (AvgIpc) is 3.16. The van der Waals surface area contributed by atoms with Gasteiger partial charge in [0.15, 0.2) is 0 Å². The van der Waals surface area contributed by atoms with E-state index in [9.17, 15) is 9.59 Å². The molecule has 0 N–H and O–H groups in total. The van der Waals surface area contributed by atoms with Gasteiger partial charge < -0.3 is 9.80 Å². The third-order valence-electron chi connectivity index (χ3n) is 5.80. The third kappa shape index (κ3) is 4.25. The summed E-state index contributed by atoms with van der Waals surface area (Å²) >= 11 is 1.87. The fourth-order valence-electron chi connectivity index (χ4n) is 4.08. The molecule has 2 aromatic rings. The summed E-state index contributed by atoms with van der Waals surface area (Å²) < 4.78 is 0. The summed E-state index contributed by atoms with van der Waals surface area (Å²) in [4.78, 5) is 29.5. The summed E-state index contributed by atoms with van der Waals surface area (Å²) in [6.45, 7) is 4.17. The summed E-state index contributed by atoms with van der Waals surface area (Å²) in [7, 11) is 0. The molecule has 2 aromatic carbocycles. The summed E-state index contributed by atoms with van der Waals surface area (Å²) in [5.74, 6) is 1.11. The molecule has 0 atom stereocenters. The van der Waals surface area contributed by atoms with Crippen LogP contribution in [0.3, 0.4) is 0 Å². The molecule has 150 valence electrons. The number of nitrogens with zero attached hydrogens (tertiary/aromatic N) is 2. The highest BCUT2D eigenvalue weighted by molar-refractivity contribution is 8.00. The number of hydrogen-bond acceptors (Lipinski definition) is 3. The Labute approximate surface area is 176 Å². The van der Waals surface area contributed by atoms with Crippen LogP contribution >= 0.6 is 11.8 Å². The monoisotopic (exact) mass is 406 g/mol. The lowest BCUT2D eigenvalue weighted by Gasteiger charge is -2.44. The molecule has 0 aromatic heterocycles. The Kier molecular flexibility index (Phi) is 5.76. The van der Waals surface area contributed by atoms with Gasteiger partial charge in [0, 0.05) is 37.0 Å². The maximum Gasteiger partial charge on any atom is 0.254 e. The van der Waals surface area contributed by atoms with E-state index in [-0.39, 0.29) is 16.7 Å². The van der Waals surface area contributed by atoms with Crippen molar-refractivity contribution < 1.29 is 9.59 Å². The van der Waals surface area contributed by atoms with Gasteiger partial charge in [0.1, 0.15) is 0 Å². The highest BCUT2D eigenvalue weighted by Gasteiger charge is 2.46. The van der Waals surface area contributed by atoms with Gasteiger partial charge in [-0.15, -0.1) is 11.8 Å². The highest BCUT2D eigenvalue weighted by atomic mass is 32.2. The second-order valence-electron chi connectivity index (χ2n) is 7.69. The summed E-state index contributed by atoms with van der Waals surface area (Å²) in [5, 5.41) is 0. The number of likely N-dealkylation sites (tertiary alicyclic amines) is 1. The molecule has 1 spiro atoms. The molecule has 0 aliphatic carbocycles. The largest absolute Gasteiger partial charge is 0.339 e. The molecule has 0 bridgehead atoms. The SMILES string of the molecule is Cc1ccc(C(=O)N2CCSC23CCN(C(=O)C=Cc2ccccc2)CC3)cc1. The minimum Gasteiger partial charge on any atom is -0.339 e. The predicted molar refractivity (Wildman–Crippen MR) is 119 cm³/mol. The van der Waals surface area contributed by atoms with E-state index in [1.54, 1.807) is 6.08 Å². The molecule has 5 heteroatoms. The van der Waals surface area contributed by atoms with Gasteiger partial charge in [-0.2, -0.15) is 0 Å². The van der Waals surface area contributed by atoms with Crippen molar-refractivity contribution in [1.29, 1.82) is 0 Å². The Morgan fingerprint density at radius 3 is 2.34 bits per heavy atom. The Hall–Kier alpha value is -2.53. The van der Waals surface area contributed by atoms with Crippen LogP contribution in [0.4, 0.5) is 0 Å². The number of benzene rings is 2. The summed E-state index contributed by atoms with van der Waals surface area (Å²) in [6, 6.07) is 17.7. The van der Waals surface area contributed by atoms with Gasteiger partial charge in [0.25, 0.3) is 5.91 Å². The lowest BCUT2D eigenvalue weighted by molar-refractivity contribution is -0.127. The number of piperidine rings is 1. The maximum absolute atomic E-state index is 13.1. The van der Waals surface area contributed by atoms with E-state index >= 15 is 0 Å². The molecular weight excluding hydrogens is 380 g/mol. The molecule has 29 heavy (non-hydrogen) atoms. The molecule has 2 aliphatic heterocycles. The Morgan fingerprint density at radius 2 is 1.66 bits per heavy atom. The van der Waals surface area contributed by atoms with Crippen molar-refractivity contribution in [3.05, 3.63) is 77.4 Å². The highest BCUT2D eigenvalue weighted by Crippen LogP contribution is 2.44. The Morgan fingerprint density at radius 1 is 0.966 bits per heavy atom. The summed E-state index contributed by atoms with van der Waals surface area (Å²) in [5.41, 5.74) is 2.93. The van der Waals surface area contributed by atoms with Crippen molar-refractivity contribution >= 4 is 29.7 Å². The van der Waals surface area contributed by atoms with E-state index in [2.05, 4.69) is 0 Å². The molecule has 2 aliphatic rings. The molecule has 2 heterocycles. The van der Waals surface area contributed by atoms with E-state index in [0.717, 1.165) is 41.8 Å². The Bertz CT molecular complexity index is 900. The molecule has 4 nitrogen and oxygen atoms in total. The zero-order chi connectivity index (χ0) is 20.3. The van der Waals surface area contributed by atoms with Gasteiger partial charge in [-0.1, -0.05) is 48.0 Å². The predicted octanol–water partition coefficient (Wildman–Crippen LogP) is 4.22. The molecule has 4 rings (SSSR count). The van der Waals surface area contributed by atoms with Crippen molar-refractivity contribution in [3.63, 3.8) is 0 Å². The number of carbonyl (C=O) groups excluding carboxylic acids is 2. The Balaban J connectivity index is 1.40. The van der Waals surface area contributed by atoms with Gasteiger partial charge in [-0.05, 0) is 43.5 Å². The molecule has 0 unspecified atom stereocenters. The van der Waals surface area contributed by atoms with Crippen LogP contribution in [0.25, 0.3) is 6.08 Å². The van der Waals surface area contributed by atoms with Gasteiger partial charge in [0.05, 0.1) is 4.87 Å². The zero-order valence-corrected chi connectivity index (χ0v) is 17.5. The van der Waals surface area contributed by atoms with Crippen LogP contribution in [-0.4, -0.2) is 51.9 Å². The molecule has 2 fully saturated rings. The lowest BCUT2D eigenvalue weighted by atomic mass is 10.0. The van der Waals surface area contributed by atoms with Gasteiger partial charge in [-0.25, -0.2) is 0 Å². The third-order valence-corrected chi connectivity index (χ3v) is 7.35. The minimum atomic E-state index is -0.179. The second-order valence-corrected chi connectivity index (χ2v) is 9.14. The van der Waals surface area contributed by atoms with Crippen LogP contribution in [-0.2, 0) is 4.79 Å². The first-order valence-electron chi connectivity index (χ1n) is 10.1. The van der Waals surface area contributed by atoms with E-state index in [1.807, 2.05) is 89.2 Å². The standard InChI is InChI=1S/C24H26N2O2S/c1-19-7-10-21(11-8-19)23(28)26-17-18-29-24(26)13-15-25(16-14-24)22(27)12-9-20-5-3-2-4-6-20/h2-12H,13-18H2,1H3. The fourth-order valence-corrected chi connectivity index (χ4v) is 5.53. The molecule has 0 saturated carbocycles. The van der Waals surface area contributed by atoms with Crippen LogP contribution in [0, 0.1) is 6.92 Å². The maximum atomic E-state index is 13.1. The molecule has 2 saturated heterocycles. The van der Waals surface area contributed by atoms with E-state index in [1.165, 1.54) is 0 Å². The van der Waals surface area contributed by atoms with E-state index < -0.39 is 0 Å². The number of amides is 2. The number of hydrogen-bond donors (Lipinski definition) is 0. The molecule has 0 radical (unpaired) electrons. The quantitative estimate of drug-likeness (QED) is 0.717. The van der Waals surface area contributed by atoms with Crippen LogP contribution in [0.1, 0.15) is 34.3 Å². The topological polar surface area (TPSA) is 40.6 Å². The van der Waals surface area contributed by atoms with Crippen molar-refractivity contribution in [3.8, 4) is 0 Å². The van der Waals surface area contributed by atoms with Crippen LogP contribution in [0.2, 0.25) is 0 Å². The van der Waals surface area contributed by atoms with Crippen molar-refractivity contribution in [2.75, 3.05) is 25.4 Å².